The fourth-order valence-electron chi connectivity index (χ4n) is 6.84. The number of ether oxygens (including phenoxy) is 2. The van der Waals surface area contributed by atoms with Crippen LogP contribution in [0, 0.1) is 11.6 Å². The third-order valence-electron chi connectivity index (χ3n) is 9.62. The van der Waals surface area contributed by atoms with Crippen molar-refractivity contribution in [2.24, 2.45) is 11.1 Å². The summed E-state index contributed by atoms with van der Waals surface area (Å²) in [6.45, 7) is 3.77. The number of carbonyl (C=O) groups is 5. The minimum absolute atomic E-state index is 0. The first-order chi connectivity index (χ1) is 25.4. The van der Waals surface area contributed by atoms with Crippen LogP contribution in [0.4, 0.5) is 29.7 Å². The summed E-state index contributed by atoms with van der Waals surface area (Å²) in [5.74, 6) is 2.74. The van der Waals surface area contributed by atoms with Crippen LogP contribution >= 0.6 is 12.4 Å². The number of oxime groups is 1. The first kappa shape index (κ1) is 43.5. The highest BCUT2D eigenvalue weighted by molar-refractivity contribution is 5.91. The fourth-order valence-corrected chi connectivity index (χ4v) is 6.84. The van der Waals surface area contributed by atoms with Crippen LogP contribution in [0.3, 0.4) is 0 Å². The van der Waals surface area contributed by atoms with Gasteiger partial charge < -0.3 is 30.5 Å². The van der Waals surface area contributed by atoms with Crippen LogP contribution in [-0.2, 0) is 23.9 Å². The number of benzene rings is 2. The molecule has 0 spiro atoms. The fraction of sp³-hybridized carbons (Fsp3) is 0.500. The van der Waals surface area contributed by atoms with E-state index in [1.54, 1.807) is 24.3 Å². The van der Waals surface area contributed by atoms with Gasteiger partial charge in [0, 0.05) is 26.7 Å². The number of rotatable bonds is 8. The van der Waals surface area contributed by atoms with Gasteiger partial charge in [-0.15, -0.1) is 12.4 Å². The normalized spacial score (nSPS) is 21.0. The quantitative estimate of drug-likeness (QED) is 0.178. The molecule has 2 aromatic carbocycles. The van der Waals surface area contributed by atoms with Crippen LogP contribution in [0.2, 0.25) is 0 Å². The lowest BCUT2D eigenvalue weighted by Gasteiger charge is -2.24. The Morgan fingerprint density at radius 2 is 1.15 bits per heavy atom. The summed E-state index contributed by atoms with van der Waals surface area (Å²) < 4.78 is 39.6. The molecular weight excluding hydrogens is 734 g/mol. The molecule has 0 bridgehead atoms. The Morgan fingerprint density at radius 1 is 0.759 bits per heavy atom. The van der Waals surface area contributed by atoms with Crippen LogP contribution in [0.25, 0.3) is 0 Å². The Bertz CT molecular complexity index is 1680. The zero-order chi connectivity index (χ0) is 38.7. The highest BCUT2D eigenvalue weighted by atomic mass is 35.5. The number of Topliss-reactive ketones (excluding diaryl/α,β-unsaturated/α-hetero) is 1. The summed E-state index contributed by atoms with van der Waals surface area (Å²) in [7, 11) is 0. The molecule has 2 aliphatic carbocycles. The molecule has 6 rings (SSSR count). The molecule has 15 nitrogen and oxygen atoms in total. The molecule has 0 aromatic heterocycles. The zero-order valence-corrected chi connectivity index (χ0v) is 30.9. The highest BCUT2D eigenvalue weighted by Gasteiger charge is 2.34. The highest BCUT2D eigenvalue weighted by Crippen LogP contribution is 2.36. The van der Waals surface area contributed by atoms with E-state index in [0.29, 0.717) is 61.0 Å². The summed E-state index contributed by atoms with van der Waals surface area (Å²) in [5.41, 5.74) is 2.84. The van der Waals surface area contributed by atoms with E-state index in [1.165, 1.54) is 35.8 Å². The third kappa shape index (κ3) is 11.6. The second-order valence-corrected chi connectivity index (χ2v) is 13.3. The van der Waals surface area contributed by atoms with Crippen molar-refractivity contribution in [3.05, 3.63) is 59.2 Å². The summed E-state index contributed by atoms with van der Waals surface area (Å²) in [5, 5.41) is 23.8. The average Bonchev–Trinajstić information content (AvgIpc) is 3.72. The number of hydrogen-bond acceptors (Lipinski definition) is 11. The van der Waals surface area contributed by atoms with Gasteiger partial charge in [0.2, 0.25) is 11.8 Å². The molecule has 296 valence electrons. The Kier molecular flexibility index (Phi) is 16.6. The van der Waals surface area contributed by atoms with Crippen molar-refractivity contribution in [3.63, 3.8) is 0 Å². The van der Waals surface area contributed by atoms with Crippen molar-refractivity contribution in [1.82, 2.24) is 10.6 Å². The van der Waals surface area contributed by atoms with Crippen LogP contribution < -0.4 is 26.3 Å². The van der Waals surface area contributed by atoms with Crippen molar-refractivity contribution in [3.8, 4) is 0 Å². The van der Waals surface area contributed by atoms with Gasteiger partial charge in [0.1, 0.15) is 29.6 Å². The van der Waals surface area contributed by atoms with Crippen molar-refractivity contribution in [2.45, 2.75) is 89.3 Å². The molecule has 4 fully saturated rings. The van der Waals surface area contributed by atoms with Crippen LogP contribution in [-0.4, -0.2) is 84.3 Å². The molecular formula is C36H47ClF2N6O9. The maximum absolute atomic E-state index is 14.6. The Hall–Kier alpha value is -4.87. The molecule has 54 heavy (non-hydrogen) atoms. The predicted octanol–water partition coefficient (Wildman–Crippen LogP) is 5.04. The first-order valence-corrected chi connectivity index (χ1v) is 17.4. The lowest BCUT2D eigenvalue weighted by molar-refractivity contribution is -0.121. The van der Waals surface area contributed by atoms with E-state index in [-0.39, 0.29) is 79.7 Å². The molecule has 6 N–H and O–H groups in total. The maximum Gasteiger partial charge on any atom is 0.414 e. The lowest BCUT2D eigenvalue weighted by atomic mass is 9.83. The summed E-state index contributed by atoms with van der Waals surface area (Å²) in [6, 6.07) is 9.53. The van der Waals surface area contributed by atoms with Crippen molar-refractivity contribution in [1.29, 1.82) is 0 Å². The van der Waals surface area contributed by atoms with Gasteiger partial charge in [-0.25, -0.2) is 24.3 Å². The monoisotopic (exact) mass is 780 g/mol. The summed E-state index contributed by atoms with van der Waals surface area (Å²) in [4.78, 5) is 60.0. The smallest absolute Gasteiger partial charge is 0.414 e. The van der Waals surface area contributed by atoms with Gasteiger partial charge in [-0.2, -0.15) is 0 Å². The predicted molar refractivity (Wildman–Crippen MR) is 195 cm³/mol. The standard InChI is InChI=1S/C18H22FN3O4.C18H21FN2O4.ClH.H3NO/c1-11(23)20-9-15-10-22(18(24)26-15)14-6-7-16(17(19)8-14)12-2-4-13(21-25)5-3-12;1-11(22)20-9-15-10-21(18(24)25-15)13-4-7-16(17(19)8-13)12-2-5-14(23)6-3-12;;1-2/h6-8,12,15,25H,2-5,9-10H2,1H3,(H,20,23);4,7-8,12,15H,2-3,5-6,9-10H2,1H3,(H,20,22);1H;2H,1H2/t12?,15-;15-;;/m00../s1. The van der Waals surface area contributed by atoms with Crippen molar-refractivity contribution < 1.29 is 52.6 Å². The minimum Gasteiger partial charge on any atom is -0.442 e. The third-order valence-corrected chi connectivity index (χ3v) is 9.62. The molecule has 2 saturated heterocycles. The molecule has 4 aliphatic rings. The van der Waals surface area contributed by atoms with E-state index in [1.807, 2.05) is 0 Å². The van der Waals surface area contributed by atoms with E-state index in [9.17, 15) is 32.8 Å². The molecule has 2 heterocycles. The molecule has 2 aliphatic heterocycles. The summed E-state index contributed by atoms with van der Waals surface area (Å²) >= 11 is 0. The number of nitrogens with one attached hydrogen (secondary N) is 2. The van der Waals surface area contributed by atoms with Crippen LogP contribution in [0.15, 0.2) is 41.6 Å². The van der Waals surface area contributed by atoms with Crippen molar-refractivity contribution in [2.75, 3.05) is 36.0 Å². The number of nitrogens with two attached hydrogens (primary N) is 1. The Labute approximate surface area is 317 Å². The number of cyclic esters (lactones) is 2. The first-order valence-electron chi connectivity index (χ1n) is 17.4. The van der Waals surface area contributed by atoms with Gasteiger partial charge in [0.05, 0.1) is 43.3 Å². The largest absolute Gasteiger partial charge is 0.442 e. The molecule has 4 amide bonds. The SMILES string of the molecule is CC(=O)NC[C@H]1CN(c2ccc(C3CCC(=NO)CC3)c(F)c2)C(=O)O1.CC(=O)NC[C@H]1CN(c2ccc(C3CCC(=O)CC3)c(F)c2)C(=O)O1.Cl.NO. The molecule has 18 heteroatoms. The van der Waals surface area contributed by atoms with E-state index in [0.717, 1.165) is 18.6 Å². The van der Waals surface area contributed by atoms with Gasteiger partial charge >= 0.3 is 12.2 Å². The van der Waals surface area contributed by atoms with Gasteiger partial charge in [-0.3, -0.25) is 24.2 Å². The zero-order valence-electron chi connectivity index (χ0n) is 30.1. The minimum atomic E-state index is -0.550. The number of amides is 4. The second kappa shape index (κ2) is 20.5. The molecule has 2 saturated carbocycles. The van der Waals surface area contributed by atoms with Crippen LogP contribution in [0.5, 0.6) is 0 Å². The van der Waals surface area contributed by atoms with Crippen molar-refractivity contribution >= 4 is 59.3 Å². The van der Waals surface area contributed by atoms with E-state index >= 15 is 0 Å². The molecule has 0 unspecified atom stereocenters. The van der Waals surface area contributed by atoms with E-state index in [2.05, 4.69) is 21.7 Å². The van der Waals surface area contributed by atoms with Gasteiger partial charge in [0.25, 0.3) is 0 Å². The van der Waals surface area contributed by atoms with Gasteiger partial charge in [0.15, 0.2) is 0 Å². The topological polar surface area (TPSA) is 213 Å². The second-order valence-electron chi connectivity index (χ2n) is 13.3. The number of ketones is 1. The van der Waals surface area contributed by atoms with Gasteiger partial charge in [-0.05, 0) is 85.8 Å². The molecule has 2 aromatic rings. The van der Waals surface area contributed by atoms with E-state index in [4.69, 9.17) is 19.9 Å². The summed E-state index contributed by atoms with van der Waals surface area (Å²) in [6.07, 6.45) is 3.10. The Balaban J connectivity index is 0.000000273. The van der Waals surface area contributed by atoms with E-state index < -0.39 is 24.4 Å². The van der Waals surface area contributed by atoms with Crippen LogP contribution in [0.1, 0.15) is 88.2 Å². The molecule has 0 radical (unpaired) electrons. The number of hydrogen-bond donors (Lipinski definition) is 5. The Morgan fingerprint density at radius 3 is 1.50 bits per heavy atom. The number of nitrogens with zero attached hydrogens (tertiary/aromatic N) is 3. The lowest BCUT2D eigenvalue weighted by Crippen LogP contribution is -2.33. The maximum atomic E-state index is 14.6. The number of anilines is 2. The van der Waals surface area contributed by atoms with Gasteiger partial charge in [-0.1, -0.05) is 17.3 Å². The number of carbonyl (C=O) groups excluding carboxylic acids is 5. The number of halogens is 3. The molecule has 2 atom stereocenters. The average molecular weight is 781 g/mol.